The summed E-state index contributed by atoms with van der Waals surface area (Å²) in [5.41, 5.74) is -0.494. The molecule has 1 rings (SSSR count). The molecule has 1 heterocycles. The Balaban J connectivity index is 0.00000900. The van der Waals surface area contributed by atoms with Gasteiger partial charge >= 0.3 is 6.09 Å². The average Bonchev–Trinajstić information content (AvgIpc) is 2.61. The van der Waals surface area contributed by atoms with Crippen LogP contribution in [-0.2, 0) is 9.53 Å². The van der Waals surface area contributed by atoms with Crippen molar-refractivity contribution in [3.05, 3.63) is 0 Å². The van der Waals surface area contributed by atoms with E-state index < -0.39 is 5.60 Å². The molecular formula is C21H43IN6O3. The summed E-state index contributed by atoms with van der Waals surface area (Å²) in [6.45, 7) is 16.6. The van der Waals surface area contributed by atoms with Crippen molar-refractivity contribution in [2.24, 2.45) is 10.9 Å². The summed E-state index contributed by atoms with van der Waals surface area (Å²) >= 11 is 0. The normalized spacial score (nSPS) is 16.4. The van der Waals surface area contributed by atoms with E-state index in [1.807, 2.05) is 34.6 Å². The van der Waals surface area contributed by atoms with Crippen LogP contribution in [-0.4, -0.2) is 104 Å². The van der Waals surface area contributed by atoms with Crippen LogP contribution in [0.2, 0.25) is 0 Å². The lowest BCUT2D eigenvalue weighted by molar-refractivity contribution is -0.123. The summed E-state index contributed by atoms with van der Waals surface area (Å²) in [5, 5.41) is 6.35. The molecule has 1 unspecified atom stereocenters. The number of carbonyl (C=O) groups excluding carboxylic acids is 2. The van der Waals surface area contributed by atoms with Crippen molar-refractivity contribution in [2.45, 2.75) is 53.2 Å². The van der Waals surface area contributed by atoms with Crippen molar-refractivity contribution in [3.8, 4) is 0 Å². The Bertz CT molecular complexity index is 586. The maximum absolute atomic E-state index is 12.1. The molecule has 1 fully saturated rings. The number of carbonyl (C=O) groups is 2. The number of piperazine rings is 1. The first-order chi connectivity index (χ1) is 13.9. The fraction of sp³-hybridized carbons (Fsp3) is 0.857. The molecule has 0 spiro atoms. The van der Waals surface area contributed by atoms with Gasteiger partial charge in [-0.2, -0.15) is 0 Å². The van der Waals surface area contributed by atoms with Gasteiger partial charge in [0.15, 0.2) is 5.96 Å². The molecule has 1 aliphatic heterocycles. The zero-order valence-corrected chi connectivity index (χ0v) is 22.9. The highest BCUT2D eigenvalue weighted by molar-refractivity contribution is 14.0. The van der Waals surface area contributed by atoms with Gasteiger partial charge in [0.1, 0.15) is 5.60 Å². The highest BCUT2D eigenvalue weighted by Crippen LogP contribution is 2.10. The smallest absolute Gasteiger partial charge is 0.410 e. The molecule has 0 radical (unpaired) electrons. The van der Waals surface area contributed by atoms with Crippen LogP contribution in [0.5, 0.6) is 0 Å². The lowest BCUT2D eigenvalue weighted by Crippen LogP contribution is -2.54. The number of nitrogens with zero attached hydrogens (tertiary/aromatic N) is 4. The number of ether oxygens (including phenoxy) is 1. The van der Waals surface area contributed by atoms with Crippen molar-refractivity contribution >= 4 is 41.9 Å². The Hall–Kier alpha value is -1.30. The maximum atomic E-state index is 12.1. The second kappa shape index (κ2) is 14.0. The lowest BCUT2D eigenvalue weighted by Gasteiger charge is -2.36. The van der Waals surface area contributed by atoms with E-state index in [9.17, 15) is 9.59 Å². The molecule has 2 amide bonds. The molecule has 0 bridgehead atoms. The molecule has 1 aliphatic rings. The lowest BCUT2D eigenvalue weighted by atomic mass is 10.1. The first kappa shape index (κ1) is 29.7. The van der Waals surface area contributed by atoms with Crippen molar-refractivity contribution in [2.75, 3.05) is 59.9 Å². The number of rotatable bonds is 7. The summed E-state index contributed by atoms with van der Waals surface area (Å²) in [7, 11) is 3.54. The number of aliphatic imine (C=N–C) groups is 1. The van der Waals surface area contributed by atoms with Gasteiger partial charge in [-0.15, -0.1) is 24.0 Å². The Kier molecular flexibility index (Phi) is 13.4. The van der Waals surface area contributed by atoms with Gasteiger partial charge in [0.05, 0.1) is 6.54 Å². The van der Waals surface area contributed by atoms with Crippen LogP contribution < -0.4 is 10.6 Å². The topological polar surface area (TPSA) is 89.5 Å². The minimum absolute atomic E-state index is 0. The number of halogens is 1. The SMILES string of the molecule is CN=C(NCC(C)CN(C)C(=O)OC(C)(C)C)N1CCN(CC(=O)NC(C)C)CC1.I. The van der Waals surface area contributed by atoms with Crippen LogP contribution in [0, 0.1) is 5.92 Å². The number of hydrogen-bond donors (Lipinski definition) is 2. The van der Waals surface area contributed by atoms with Crippen LogP contribution in [0.4, 0.5) is 4.79 Å². The molecule has 0 aromatic rings. The summed E-state index contributed by atoms with van der Waals surface area (Å²) in [6.07, 6.45) is -0.309. The maximum Gasteiger partial charge on any atom is 0.410 e. The van der Waals surface area contributed by atoms with Gasteiger partial charge in [0.2, 0.25) is 5.91 Å². The molecule has 1 atom stereocenters. The van der Waals surface area contributed by atoms with E-state index in [0.29, 0.717) is 19.6 Å². The van der Waals surface area contributed by atoms with Crippen molar-refractivity contribution in [1.29, 1.82) is 0 Å². The van der Waals surface area contributed by atoms with E-state index >= 15 is 0 Å². The summed E-state index contributed by atoms with van der Waals surface area (Å²) in [5.74, 6) is 1.16. The predicted octanol–water partition coefficient (Wildman–Crippen LogP) is 1.83. The zero-order chi connectivity index (χ0) is 22.9. The van der Waals surface area contributed by atoms with Gasteiger partial charge in [-0.1, -0.05) is 6.92 Å². The number of hydrogen-bond acceptors (Lipinski definition) is 5. The highest BCUT2D eigenvalue weighted by atomic mass is 127. The fourth-order valence-corrected chi connectivity index (χ4v) is 3.23. The Morgan fingerprint density at radius 2 is 1.71 bits per heavy atom. The predicted molar refractivity (Wildman–Crippen MR) is 136 cm³/mol. The molecule has 0 aliphatic carbocycles. The molecule has 2 N–H and O–H groups in total. The largest absolute Gasteiger partial charge is 0.444 e. The van der Waals surface area contributed by atoms with E-state index in [-0.39, 0.29) is 47.9 Å². The van der Waals surface area contributed by atoms with Crippen molar-refractivity contribution < 1.29 is 14.3 Å². The van der Waals surface area contributed by atoms with E-state index in [1.165, 1.54) is 0 Å². The van der Waals surface area contributed by atoms with Gasteiger partial charge in [0, 0.05) is 59.4 Å². The molecule has 0 saturated carbocycles. The molecule has 10 heteroatoms. The number of guanidine groups is 1. The molecule has 0 aromatic heterocycles. The molecular weight excluding hydrogens is 511 g/mol. The quantitative estimate of drug-likeness (QED) is 0.284. The molecule has 1 saturated heterocycles. The van der Waals surface area contributed by atoms with E-state index in [1.54, 1.807) is 19.0 Å². The van der Waals surface area contributed by atoms with E-state index in [2.05, 4.69) is 32.3 Å². The molecule has 9 nitrogen and oxygen atoms in total. The van der Waals surface area contributed by atoms with Crippen LogP contribution in [0.25, 0.3) is 0 Å². The number of nitrogens with one attached hydrogen (secondary N) is 2. The van der Waals surface area contributed by atoms with Crippen LogP contribution in [0.1, 0.15) is 41.5 Å². The molecule has 182 valence electrons. The minimum atomic E-state index is -0.494. The molecule has 0 aromatic carbocycles. The van der Waals surface area contributed by atoms with Crippen molar-refractivity contribution in [3.63, 3.8) is 0 Å². The Labute approximate surface area is 205 Å². The van der Waals surface area contributed by atoms with Crippen LogP contribution in [0.3, 0.4) is 0 Å². The van der Waals surface area contributed by atoms with Gasteiger partial charge in [-0.05, 0) is 40.5 Å². The summed E-state index contributed by atoms with van der Waals surface area (Å²) < 4.78 is 5.40. The highest BCUT2D eigenvalue weighted by Gasteiger charge is 2.23. The zero-order valence-electron chi connectivity index (χ0n) is 20.5. The van der Waals surface area contributed by atoms with E-state index in [4.69, 9.17) is 4.74 Å². The summed E-state index contributed by atoms with van der Waals surface area (Å²) in [6, 6.07) is 0.165. The average molecular weight is 555 g/mol. The third-order valence-electron chi connectivity index (χ3n) is 4.60. The van der Waals surface area contributed by atoms with E-state index in [0.717, 1.165) is 32.1 Å². The van der Waals surface area contributed by atoms with Crippen molar-refractivity contribution in [1.82, 2.24) is 25.3 Å². The monoisotopic (exact) mass is 554 g/mol. The first-order valence-corrected chi connectivity index (χ1v) is 10.8. The van der Waals surface area contributed by atoms with Gasteiger partial charge in [-0.3, -0.25) is 14.7 Å². The first-order valence-electron chi connectivity index (χ1n) is 10.8. The Morgan fingerprint density at radius 1 is 1.13 bits per heavy atom. The standard InChI is InChI=1S/C21H42N6O3.HI/c1-16(2)24-18(28)15-26-9-11-27(12-10-26)19(22-7)23-13-17(3)14-25(8)20(29)30-21(4,5)6;/h16-17H,9-15H2,1-8H3,(H,22,23)(H,24,28);1H. The molecule has 31 heavy (non-hydrogen) atoms. The second-order valence-electron chi connectivity index (χ2n) is 9.38. The minimum Gasteiger partial charge on any atom is -0.444 e. The Morgan fingerprint density at radius 3 is 2.19 bits per heavy atom. The van der Waals surface area contributed by atoms with Crippen LogP contribution in [0.15, 0.2) is 4.99 Å². The van der Waals surface area contributed by atoms with Gasteiger partial charge in [0.25, 0.3) is 0 Å². The number of amides is 2. The van der Waals surface area contributed by atoms with Crippen LogP contribution >= 0.6 is 24.0 Å². The van der Waals surface area contributed by atoms with Gasteiger partial charge < -0.3 is 25.2 Å². The third-order valence-corrected chi connectivity index (χ3v) is 4.60. The third kappa shape index (κ3) is 12.4. The summed E-state index contributed by atoms with van der Waals surface area (Å²) in [4.78, 5) is 34.5. The second-order valence-corrected chi connectivity index (χ2v) is 9.38. The fourth-order valence-electron chi connectivity index (χ4n) is 3.23. The van der Waals surface area contributed by atoms with Gasteiger partial charge in [-0.25, -0.2) is 4.79 Å².